The van der Waals surface area contributed by atoms with E-state index < -0.39 is 12.0 Å². The van der Waals surface area contributed by atoms with Crippen LogP contribution in [0.1, 0.15) is 61.9 Å². The average molecular weight is 277 g/mol. The number of benzene rings is 1. The highest BCUT2D eigenvalue weighted by Gasteiger charge is 2.19. The molecule has 0 saturated heterocycles. The summed E-state index contributed by atoms with van der Waals surface area (Å²) in [7, 11) is 0. The molecule has 0 heterocycles. The molecule has 2 N–H and O–H groups in total. The lowest BCUT2D eigenvalue weighted by molar-refractivity contribution is -0.139. The molecular formula is C16H23NO3. The number of hydrogen-bond acceptors (Lipinski definition) is 2. The maximum atomic E-state index is 12.0. The number of carbonyl (C=O) groups excluding carboxylic acids is 1. The van der Waals surface area contributed by atoms with Crippen LogP contribution in [0.3, 0.4) is 0 Å². The molecule has 0 aromatic heterocycles. The number of unbranched alkanes of at least 4 members (excludes halogenated alkanes) is 1. The van der Waals surface area contributed by atoms with E-state index in [1.165, 1.54) is 0 Å². The molecule has 0 radical (unpaired) electrons. The first-order valence-electron chi connectivity index (χ1n) is 7.09. The van der Waals surface area contributed by atoms with Gasteiger partial charge >= 0.3 is 5.97 Å². The van der Waals surface area contributed by atoms with Gasteiger partial charge in [-0.3, -0.25) is 4.79 Å². The third kappa shape index (κ3) is 4.68. The molecule has 1 aromatic rings. The van der Waals surface area contributed by atoms with Crippen molar-refractivity contribution in [1.82, 2.24) is 5.32 Å². The second-order valence-corrected chi connectivity index (χ2v) is 5.28. The number of aliphatic carboxylic acids is 1. The Labute approximate surface area is 120 Å². The highest BCUT2D eigenvalue weighted by Crippen LogP contribution is 2.15. The molecule has 1 atom stereocenters. The minimum Gasteiger partial charge on any atom is -0.480 e. The molecular weight excluding hydrogens is 254 g/mol. The predicted molar refractivity (Wildman–Crippen MR) is 78.9 cm³/mol. The van der Waals surface area contributed by atoms with Gasteiger partial charge < -0.3 is 10.4 Å². The molecule has 4 heteroatoms. The zero-order chi connectivity index (χ0) is 15.1. The second kappa shape index (κ2) is 7.68. The first kappa shape index (κ1) is 16.2. The Hall–Kier alpha value is -1.84. The van der Waals surface area contributed by atoms with Crippen LogP contribution in [0.5, 0.6) is 0 Å². The normalized spacial score (nSPS) is 12.2. The van der Waals surface area contributed by atoms with Crippen LogP contribution < -0.4 is 5.32 Å². The Balaban J connectivity index is 2.70. The van der Waals surface area contributed by atoms with Gasteiger partial charge in [0.15, 0.2) is 0 Å². The van der Waals surface area contributed by atoms with Crippen molar-refractivity contribution >= 4 is 11.9 Å². The summed E-state index contributed by atoms with van der Waals surface area (Å²) in [5, 5.41) is 11.7. The van der Waals surface area contributed by atoms with E-state index in [1.54, 1.807) is 12.1 Å². The Morgan fingerprint density at radius 1 is 1.20 bits per heavy atom. The molecule has 0 bridgehead atoms. The van der Waals surface area contributed by atoms with E-state index in [0.29, 0.717) is 17.9 Å². The number of carbonyl (C=O) groups is 2. The van der Waals surface area contributed by atoms with E-state index >= 15 is 0 Å². The number of rotatable bonds is 7. The fourth-order valence-corrected chi connectivity index (χ4v) is 1.93. The van der Waals surface area contributed by atoms with Gasteiger partial charge in [0, 0.05) is 5.56 Å². The van der Waals surface area contributed by atoms with Gasteiger partial charge in [0.1, 0.15) is 6.04 Å². The lowest BCUT2D eigenvalue weighted by Gasteiger charge is -2.14. The minimum atomic E-state index is -0.981. The molecule has 1 amide bonds. The monoisotopic (exact) mass is 277 g/mol. The molecule has 0 unspecified atom stereocenters. The molecule has 20 heavy (non-hydrogen) atoms. The van der Waals surface area contributed by atoms with E-state index in [2.05, 4.69) is 19.2 Å². The zero-order valence-electron chi connectivity index (χ0n) is 12.3. The smallest absolute Gasteiger partial charge is 0.326 e. The SMILES string of the molecule is CCCC[C@H](NC(=O)c1ccc(C(C)C)cc1)C(=O)O. The van der Waals surface area contributed by atoms with Crippen molar-refractivity contribution in [3.63, 3.8) is 0 Å². The van der Waals surface area contributed by atoms with E-state index in [9.17, 15) is 9.59 Å². The summed E-state index contributed by atoms with van der Waals surface area (Å²) in [6, 6.07) is 6.47. The standard InChI is InChI=1S/C16H23NO3/c1-4-5-6-14(16(19)20)17-15(18)13-9-7-12(8-10-13)11(2)3/h7-11,14H,4-6H2,1-3H3,(H,17,18)(H,19,20)/t14-/m0/s1. The first-order chi connectivity index (χ1) is 9.45. The summed E-state index contributed by atoms with van der Waals surface area (Å²) in [5.41, 5.74) is 1.65. The molecule has 110 valence electrons. The lowest BCUT2D eigenvalue weighted by Crippen LogP contribution is -2.40. The highest BCUT2D eigenvalue weighted by atomic mass is 16.4. The van der Waals surface area contributed by atoms with Crippen LogP contribution in [0.15, 0.2) is 24.3 Å². The summed E-state index contributed by atoms with van der Waals surface area (Å²) < 4.78 is 0. The summed E-state index contributed by atoms with van der Waals surface area (Å²) in [5.74, 6) is -0.905. The Bertz CT molecular complexity index is 451. The number of carboxylic acid groups (broad SMARTS) is 1. The maximum absolute atomic E-state index is 12.0. The molecule has 0 aliphatic heterocycles. The van der Waals surface area contributed by atoms with Crippen LogP contribution in [-0.4, -0.2) is 23.0 Å². The van der Waals surface area contributed by atoms with E-state index in [4.69, 9.17) is 5.11 Å². The summed E-state index contributed by atoms with van der Waals surface area (Å²) in [4.78, 5) is 23.1. The van der Waals surface area contributed by atoms with Gasteiger partial charge in [0.25, 0.3) is 5.91 Å². The van der Waals surface area contributed by atoms with Gasteiger partial charge in [-0.25, -0.2) is 4.79 Å². The zero-order valence-corrected chi connectivity index (χ0v) is 12.3. The Kier molecular flexibility index (Phi) is 6.22. The van der Waals surface area contributed by atoms with Gasteiger partial charge in [0.2, 0.25) is 0 Å². The van der Waals surface area contributed by atoms with Crippen LogP contribution in [0, 0.1) is 0 Å². The van der Waals surface area contributed by atoms with Crippen molar-refractivity contribution in [2.45, 2.75) is 52.0 Å². The second-order valence-electron chi connectivity index (χ2n) is 5.28. The largest absolute Gasteiger partial charge is 0.480 e. The van der Waals surface area contributed by atoms with Crippen molar-refractivity contribution in [3.05, 3.63) is 35.4 Å². The molecule has 0 fully saturated rings. The average Bonchev–Trinajstić information content (AvgIpc) is 2.42. The van der Waals surface area contributed by atoms with Gasteiger partial charge in [0.05, 0.1) is 0 Å². The van der Waals surface area contributed by atoms with Crippen LogP contribution in [0.4, 0.5) is 0 Å². The van der Waals surface area contributed by atoms with Gasteiger partial charge in [-0.1, -0.05) is 45.7 Å². The van der Waals surface area contributed by atoms with E-state index in [1.807, 2.05) is 19.1 Å². The Morgan fingerprint density at radius 3 is 2.25 bits per heavy atom. The fourth-order valence-electron chi connectivity index (χ4n) is 1.93. The fraction of sp³-hybridized carbons (Fsp3) is 0.500. The van der Waals surface area contributed by atoms with Crippen molar-refractivity contribution in [3.8, 4) is 0 Å². The number of nitrogens with one attached hydrogen (secondary N) is 1. The summed E-state index contributed by atoms with van der Waals surface area (Å²) >= 11 is 0. The number of hydrogen-bond donors (Lipinski definition) is 2. The van der Waals surface area contributed by atoms with E-state index in [0.717, 1.165) is 18.4 Å². The number of amides is 1. The molecule has 0 saturated carbocycles. The van der Waals surface area contributed by atoms with Crippen LogP contribution in [0.2, 0.25) is 0 Å². The molecule has 0 aliphatic rings. The van der Waals surface area contributed by atoms with Crippen LogP contribution in [-0.2, 0) is 4.79 Å². The lowest BCUT2D eigenvalue weighted by atomic mass is 10.0. The van der Waals surface area contributed by atoms with Gasteiger partial charge in [-0.2, -0.15) is 0 Å². The van der Waals surface area contributed by atoms with Crippen molar-refractivity contribution in [2.24, 2.45) is 0 Å². The topological polar surface area (TPSA) is 66.4 Å². The molecule has 1 aromatic carbocycles. The van der Waals surface area contributed by atoms with Crippen molar-refractivity contribution in [1.29, 1.82) is 0 Å². The van der Waals surface area contributed by atoms with Crippen molar-refractivity contribution in [2.75, 3.05) is 0 Å². The van der Waals surface area contributed by atoms with Gasteiger partial charge in [-0.05, 0) is 30.0 Å². The highest BCUT2D eigenvalue weighted by molar-refractivity contribution is 5.96. The summed E-state index contributed by atoms with van der Waals surface area (Å²) in [6.07, 6.45) is 2.15. The third-order valence-corrected chi connectivity index (χ3v) is 3.29. The quantitative estimate of drug-likeness (QED) is 0.804. The first-order valence-corrected chi connectivity index (χ1v) is 7.09. The molecule has 0 aliphatic carbocycles. The number of carboxylic acids is 1. The third-order valence-electron chi connectivity index (χ3n) is 3.29. The molecule has 1 rings (SSSR count). The van der Waals surface area contributed by atoms with Crippen LogP contribution >= 0.6 is 0 Å². The molecule has 4 nitrogen and oxygen atoms in total. The summed E-state index contributed by atoms with van der Waals surface area (Å²) in [6.45, 7) is 6.16. The maximum Gasteiger partial charge on any atom is 0.326 e. The van der Waals surface area contributed by atoms with E-state index in [-0.39, 0.29) is 5.91 Å². The van der Waals surface area contributed by atoms with Crippen molar-refractivity contribution < 1.29 is 14.7 Å². The molecule has 0 spiro atoms. The Morgan fingerprint density at radius 2 is 1.80 bits per heavy atom. The van der Waals surface area contributed by atoms with Crippen LogP contribution in [0.25, 0.3) is 0 Å². The van der Waals surface area contributed by atoms with Gasteiger partial charge in [-0.15, -0.1) is 0 Å². The predicted octanol–water partition coefficient (Wildman–Crippen LogP) is 3.18. The minimum absolute atomic E-state index is 0.330.